The number of hydrogen-bond donors (Lipinski definition) is 2. The van der Waals surface area contributed by atoms with E-state index in [0.29, 0.717) is 0 Å². The topological polar surface area (TPSA) is 107 Å². The van der Waals surface area contributed by atoms with Crippen molar-refractivity contribution in [1.82, 2.24) is 10.2 Å². The molecule has 2 aliphatic heterocycles. The second-order valence-corrected chi connectivity index (χ2v) is 9.23. The zero-order valence-electron chi connectivity index (χ0n) is 20.7. The Morgan fingerprint density at radius 3 is 2.08 bits per heavy atom. The second-order valence-electron chi connectivity index (χ2n) is 9.23. The maximum atomic E-state index is 13.1. The number of fused-ring (bicyclic) bond motifs is 1. The summed E-state index contributed by atoms with van der Waals surface area (Å²) in [5.74, 6) is 0. The fraction of sp³-hybridized carbons (Fsp3) is 0.310. The van der Waals surface area contributed by atoms with Crippen LogP contribution in [0.15, 0.2) is 91.0 Å². The van der Waals surface area contributed by atoms with Gasteiger partial charge in [-0.05, 0) is 11.1 Å². The van der Waals surface area contributed by atoms with Crippen molar-refractivity contribution in [2.45, 2.75) is 43.8 Å². The van der Waals surface area contributed by atoms with Crippen LogP contribution in [0.3, 0.4) is 0 Å². The maximum Gasteiger partial charge on any atom is 0.412 e. The molecule has 3 aromatic carbocycles. The van der Waals surface area contributed by atoms with E-state index in [9.17, 15) is 14.7 Å². The SMILES string of the molecule is O=C(N[C@H]1CO[C@@H]2CN(C(=O)OCc3ccccc3)C(c3ccccc3)O[C@H]2[C@H]1O)OCc1ccccc1. The number of hydrogen-bond acceptors (Lipinski definition) is 7. The molecule has 0 spiro atoms. The molecular formula is C29H30N2O7. The van der Waals surface area contributed by atoms with Crippen LogP contribution in [0.2, 0.25) is 0 Å². The smallest absolute Gasteiger partial charge is 0.412 e. The zero-order chi connectivity index (χ0) is 26.3. The van der Waals surface area contributed by atoms with Gasteiger partial charge in [-0.15, -0.1) is 0 Å². The molecule has 2 N–H and O–H groups in total. The van der Waals surface area contributed by atoms with Crippen molar-refractivity contribution < 1.29 is 33.6 Å². The molecule has 0 bridgehead atoms. The van der Waals surface area contributed by atoms with E-state index in [0.717, 1.165) is 16.7 Å². The van der Waals surface area contributed by atoms with E-state index in [4.69, 9.17) is 18.9 Å². The number of alkyl carbamates (subject to hydrolysis) is 1. The molecule has 0 radical (unpaired) electrons. The number of amides is 2. The second kappa shape index (κ2) is 12.1. The third kappa shape index (κ3) is 6.13. The lowest BCUT2D eigenvalue weighted by Crippen LogP contribution is -2.65. The van der Waals surface area contributed by atoms with Gasteiger partial charge in [0.25, 0.3) is 0 Å². The molecule has 198 valence electrons. The van der Waals surface area contributed by atoms with Crippen LogP contribution < -0.4 is 5.32 Å². The highest BCUT2D eigenvalue weighted by Gasteiger charge is 2.49. The molecule has 2 fully saturated rings. The number of rotatable bonds is 6. The Kier molecular flexibility index (Phi) is 8.18. The number of ether oxygens (including phenoxy) is 4. The molecule has 0 aromatic heterocycles. The number of benzene rings is 3. The van der Waals surface area contributed by atoms with Crippen LogP contribution in [-0.2, 0) is 32.2 Å². The molecular weight excluding hydrogens is 488 g/mol. The highest BCUT2D eigenvalue weighted by atomic mass is 16.6. The first-order valence-electron chi connectivity index (χ1n) is 12.5. The van der Waals surface area contributed by atoms with E-state index in [-0.39, 0.29) is 26.4 Å². The minimum absolute atomic E-state index is 0.0367. The van der Waals surface area contributed by atoms with E-state index < -0.39 is 42.8 Å². The maximum absolute atomic E-state index is 13.1. The molecule has 5 rings (SSSR count). The average Bonchev–Trinajstić information content (AvgIpc) is 2.97. The zero-order valence-corrected chi connectivity index (χ0v) is 20.7. The first kappa shape index (κ1) is 25.7. The number of nitrogens with zero attached hydrogens (tertiary/aromatic N) is 1. The molecule has 0 saturated carbocycles. The van der Waals surface area contributed by atoms with Gasteiger partial charge in [0.05, 0.1) is 19.2 Å². The van der Waals surface area contributed by atoms with Gasteiger partial charge >= 0.3 is 12.2 Å². The molecule has 38 heavy (non-hydrogen) atoms. The molecule has 9 nitrogen and oxygen atoms in total. The monoisotopic (exact) mass is 518 g/mol. The molecule has 9 heteroatoms. The van der Waals surface area contributed by atoms with Gasteiger partial charge in [-0.25, -0.2) is 9.59 Å². The van der Waals surface area contributed by atoms with Crippen LogP contribution in [-0.4, -0.2) is 59.7 Å². The molecule has 5 atom stereocenters. The first-order valence-corrected chi connectivity index (χ1v) is 12.5. The Bertz CT molecular complexity index is 1190. The summed E-state index contributed by atoms with van der Waals surface area (Å²) in [6.07, 6.45) is -4.49. The van der Waals surface area contributed by atoms with E-state index in [1.807, 2.05) is 91.0 Å². The van der Waals surface area contributed by atoms with Gasteiger partial charge in [0, 0.05) is 5.56 Å². The van der Waals surface area contributed by atoms with E-state index in [2.05, 4.69) is 5.32 Å². The van der Waals surface area contributed by atoms with Crippen LogP contribution >= 0.6 is 0 Å². The Balaban J connectivity index is 1.24. The lowest BCUT2D eigenvalue weighted by Gasteiger charge is -2.48. The quantitative estimate of drug-likeness (QED) is 0.512. The Hall–Kier alpha value is -3.92. The number of aliphatic hydroxyl groups is 1. The summed E-state index contributed by atoms with van der Waals surface area (Å²) in [6.45, 7) is 0.413. The summed E-state index contributed by atoms with van der Waals surface area (Å²) < 4.78 is 23.1. The Labute approximate surface area is 220 Å². The van der Waals surface area contributed by atoms with Crippen molar-refractivity contribution in [3.8, 4) is 0 Å². The highest BCUT2D eigenvalue weighted by Crippen LogP contribution is 2.35. The van der Waals surface area contributed by atoms with E-state index in [1.165, 1.54) is 4.90 Å². The molecule has 2 saturated heterocycles. The van der Waals surface area contributed by atoms with Crippen molar-refractivity contribution >= 4 is 12.2 Å². The van der Waals surface area contributed by atoms with Crippen LogP contribution in [0.25, 0.3) is 0 Å². The molecule has 1 unspecified atom stereocenters. The fourth-order valence-corrected chi connectivity index (χ4v) is 4.60. The lowest BCUT2D eigenvalue weighted by atomic mass is 9.95. The minimum atomic E-state index is -1.08. The molecule has 3 aromatic rings. The van der Waals surface area contributed by atoms with Crippen LogP contribution in [0.1, 0.15) is 22.9 Å². The number of carbonyl (C=O) groups is 2. The molecule has 0 aliphatic carbocycles. The minimum Gasteiger partial charge on any atom is -0.445 e. The predicted octanol–water partition coefficient (Wildman–Crippen LogP) is 3.78. The summed E-state index contributed by atoms with van der Waals surface area (Å²) >= 11 is 0. The van der Waals surface area contributed by atoms with Crippen LogP contribution in [0, 0.1) is 0 Å². The predicted molar refractivity (Wildman–Crippen MR) is 137 cm³/mol. The standard InChI is InChI=1S/C29H30N2O7/c32-25-23(30-28(33)36-17-20-10-4-1-5-11-20)19-35-24-16-31(29(34)37-18-21-12-6-2-7-13-21)27(38-26(24)25)22-14-8-3-9-15-22/h1-15,23-27,32H,16-19H2,(H,30,33)/t23-,24+,25-,26+,27?/m0/s1. The van der Waals surface area contributed by atoms with Crippen LogP contribution in [0.5, 0.6) is 0 Å². The van der Waals surface area contributed by atoms with Crippen LogP contribution in [0.4, 0.5) is 9.59 Å². The summed E-state index contributed by atoms with van der Waals surface area (Å²) in [4.78, 5) is 27.0. The number of aliphatic hydroxyl groups excluding tert-OH is 1. The van der Waals surface area contributed by atoms with Gasteiger partial charge in [-0.1, -0.05) is 91.0 Å². The summed E-state index contributed by atoms with van der Waals surface area (Å²) in [7, 11) is 0. The lowest BCUT2D eigenvalue weighted by molar-refractivity contribution is -0.249. The summed E-state index contributed by atoms with van der Waals surface area (Å²) in [5.41, 5.74) is 2.45. The molecule has 2 heterocycles. The summed E-state index contributed by atoms with van der Waals surface area (Å²) in [6, 6.07) is 27.2. The van der Waals surface area contributed by atoms with Crippen molar-refractivity contribution in [1.29, 1.82) is 0 Å². The van der Waals surface area contributed by atoms with Crippen molar-refractivity contribution in [3.05, 3.63) is 108 Å². The van der Waals surface area contributed by atoms with Gasteiger partial charge in [-0.2, -0.15) is 0 Å². The Morgan fingerprint density at radius 2 is 1.45 bits per heavy atom. The third-order valence-corrected chi connectivity index (χ3v) is 6.59. The first-order chi connectivity index (χ1) is 18.6. The van der Waals surface area contributed by atoms with E-state index >= 15 is 0 Å². The molecule has 2 aliphatic rings. The van der Waals surface area contributed by atoms with Gasteiger partial charge < -0.3 is 29.4 Å². The van der Waals surface area contributed by atoms with Gasteiger partial charge in [0.1, 0.15) is 31.5 Å². The van der Waals surface area contributed by atoms with Gasteiger partial charge in [-0.3, -0.25) is 4.90 Å². The van der Waals surface area contributed by atoms with Crippen molar-refractivity contribution in [2.24, 2.45) is 0 Å². The van der Waals surface area contributed by atoms with Crippen molar-refractivity contribution in [3.63, 3.8) is 0 Å². The normalized spacial score (nSPS) is 24.7. The summed E-state index contributed by atoms with van der Waals surface area (Å²) in [5, 5.41) is 13.8. The molecule has 2 amide bonds. The van der Waals surface area contributed by atoms with Gasteiger partial charge in [0.15, 0.2) is 6.23 Å². The largest absolute Gasteiger partial charge is 0.445 e. The average molecular weight is 519 g/mol. The third-order valence-electron chi connectivity index (χ3n) is 6.59. The van der Waals surface area contributed by atoms with E-state index in [1.54, 1.807) is 0 Å². The number of nitrogens with one attached hydrogen (secondary N) is 1. The van der Waals surface area contributed by atoms with Gasteiger partial charge in [0.2, 0.25) is 0 Å². The highest BCUT2D eigenvalue weighted by molar-refractivity contribution is 5.69. The fourth-order valence-electron chi connectivity index (χ4n) is 4.60. The van der Waals surface area contributed by atoms with Crippen molar-refractivity contribution in [2.75, 3.05) is 13.2 Å². The Morgan fingerprint density at radius 1 is 0.868 bits per heavy atom. The number of carbonyl (C=O) groups excluding carboxylic acids is 2.